The van der Waals surface area contributed by atoms with Gasteiger partial charge in [0.25, 0.3) is 5.91 Å². The van der Waals surface area contributed by atoms with E-state index >= 15 is 0 Å². The van der Waals surface area contributed by atoms with E-state index in [0.29, 0.717) is 16.9 Å². The number of aromatic nitrogens is 6. The van der Waals surface area contributed by atoms with Gasteiger partial charge in [-0.2, -0.15) is 5.10 Å². The molecular formula is C31H29N7O2. The molecular weight excluding hydrogens is 502 g/mol. The molecule has 40 heavy (non-hydrogen) atoms. The summed E-state index contributed by atoms with van der Waals surface area (Å²) in [4.78, 5) is 29.5. The summed E-state index contributed by atoms with van der Waals surface area (Å²) < 4.78 is 3.66. The Kier molecular flexibility index (Phi) is 6.34. The molecule has 1 aliphatic carbocycles. The molecule has 6 rings (SSSR count). The van der Waals surface area contributed by atoms with Crippen LogP contribution in [-0.4, -0.2) is 41.4 Å². The van der Waals surface area contributed by atoms with Crippen molar-refractivity contribution in [3.05, 3.63) is 95.3 Å². The summed E-state index contributed by atoms with van der Waals surface area (Å²) in [7, 11) is 1.94. The van der Waals surface area contributed by atoms with E-state index in [1.165, 1.54) is 0 Å². The maximum atomic E-state index is 13.2. The van der Waals surface area contributed by atoms with Crippen molar-refractivity contribution in [3.63, 3.8) is 0 Å². The third-order valence-corrected chi connectivity index (χ3v) is 7.43. The zero-order chi connectivity index (χ0) is 28.0. The van der Waals surface area contributed by atoms with Crippen molar-refractivity contribution >= 4 is 17.4 Å². The van der Waals surface area contributed by atoms with E-state index < -0.39 is 0 Å². The van der Waals surface area contributed by atoms with Crippen LogP contribution in [0.15, 0.2) is 67.0 Å². The van der Waals surface area contributed by atoms with Crippen LogP contribution >= 0.6 is 0 Å². The van der Waals surface area contributed by atoms with Gasteiger partial charge >= 0.3 is 0 Å². The highest BCUT2D eigenvalue weighted by atomic mass is 16.2. The molecule has 0 atom stereocenters. The van der Waals surface area contributed by atoms with Gasteiger partial charge in [0.05, 0.1) is 17.1 Å². The average molecular weight is 532 g/mol. The number of pyridine rings is 1. The molecule has 2 aromatic carbocycles. The fraction of sp³-hybridized carbons (Fsp3) is 0.226. The van der Waals surface area contributed by atoms with Crippen LogP contribution < -0.4 is 5.32 Å². The van der Waals surface area contributed by atoms with Gasteiger partial charge in [0.15, 0.2) is 11.5 Å². The molecule has 1 aliphatic rings. The fourth-order valence-corrected chi connectivity index (χ4v) is 5.18. The number of aryl methyl sites for hydroxylation is 2. The Balaban J connectivity index is 1.50. The summed E-state index contributed by atoms with van der Waals surface area (Å²) in [5, 5.41) is 16.3. The Hall–Kier alpha value is -4.92. The lowest BCUT2D eigenvalue weighted by Crippen LogP contribution is -2.15. The second kappa shape index (κ2) is 10.00. The van der Waals surface area contributed by atoms with E-state index in [0.717, 1.165) is 57.9 Å². The molecule has 1 N–H and O–H groups in total. The number of Topliss-reactive ketones (excluding diaryl/α,β-unsaturated/α-hetero) is 1. The first kappa shape index (κ1) is 25.4. The maximum Gasteiger partial charge on any atom is 0.278 e. The van der Waals surface area contributed by atoms with Gasteiger partial charge in [-0.15, -0.1) is 5.10 Å². The van der Waals surface area contributed by atoms with Gasteiger partial charge in [0.1, 0.15) is 0 Å². The van der Waals surface area contributed by atoms with E-state index in [9.17, 15) is 9.59 Å². The normalized spacial score (nSPS) is 12.9. The minimum absolute atomic E-state index is 0.00504. The number of nitrogens with one attached hydrogen (secondary N) is 1. The van der Waals surface area contributed by atoms with Gasteiger partial charge in [-0.3, -0.25) is 19.3 Å². The van der Waals surface area contributed by atoms with E-state index in [4.69, 9.17) is 0 Å². The number of hydrogen-bond acceptors (Lipinski definition) is 6. The minimum atomic E-state index is -0.299. The Labute approximate surface area is 231 Å². The summed E-state index contributed by atoms with van der Waals surface area (Å²) in [6.45, 7) is 5.62. The van der Waals surface area contributed by atoms with Crippen molar-refractivity contribution < 1.29 is 9.59 Å². The molecule has 3 aromatic heterocycles. The molecule has 3 heterocycles. The van der Waals surface area contributed by atoms with Gasteiger partial charge in [-0.1, -0.05) is 29.5 Å². The molecule has 0 unspecified atom stereocenters. The molecule has 9 heteroatoms. The van der Waals surface area contributed by atoms with E-state index in [-0.39, 0.29) is 17.6 Å². The third-order valence-electron chi connectivity index (χ3n) is 7.43. The van der Waals surface area contributed by atoms with Crippen LogP contribution in [0, 0.1) is 13.8 Å². The number of anilines is 1. The molecule has 0 spiro atoms. The number of benzene rings is 2. The van der Waals surface area contributed by atoms with Crippen molar-refractivity contribution in [2.24, 2.45) is 7.05 Å². The number of amides is 1. The largest absolute Gasteiger partial charge is 0.320 e. The molecule has 1 amide bonds. The predicted molar refractivity (Wildman–Crippen MR) is 153 cm³/mol. The second-order valence-electron chi connectivity index (χ2n) is 10.2. The zero-order valence-corrected chi connectivity index (χ0v) is 22.8. The zero-order valence-electron chi connectivity index (χ0n) is 22.8. The number of hydrogen-bond donors (Lipinski definition) is 1. The number of rotatable bonds is 7. The number of carbonyl (C=O) groups excluding carboxylic acids is 2. The lowest BCUT2D eigenvalue weighted by atomic mass is 9.91. The van der Waals surface area contributed by atoms with Crippen molar-refractivity contribution in [3.8, 4) is 27.9 Å². The molecule has 0 bridgehead atoms. The van der Waals surface area contributed by atoms with Crippen LogP contribution in [0.2, 0.25) is 0 Å². The van der Waals surface area contributed by atoms with E-state index in [1.807, 2.05) is 49.0 Å². The summed E-state index contributed by atoms with van der Waals surface area (Å²) in [5.74, 6) is -0.0856. The van der Waals surface area contributed by atoms with E-state index in [1.54, 1.807) is 36.1 Å². The first-order valence-electron chi connectivity index (χ1n) is 13.2. The van der Waals surface area contributed by atoms with E-state index in [2.05, 4.69) is 44.8 Å². The molecule has 0 saturated heterocycles. The Morgan fingerprint density at radius 2 is 1.75 bits per heavy atom. The molecule has 0 aliphatic heterocycles. The SMILES string of the molecule is CC(=O)c1cccc(-c2cc(-n3nnc(C(=O)Nc4ccncc4)c3C3CC3)ccc2-c2c(C)nn(C)c2C)c1. The molecule has 200 valence electrons. The summed E-state index contributed by atoms with van der Waals surface area (Å²) in [6, 6.07) is 17.3. The highest BCUT2D eigenvalue weighted by molar-refractivity contribution is 6.04. The number of ketones is 1. The van der Waals surface area contributed by atoms with Crippen LogP contribution in [0.25, 0.3) is 27.9 Å². The van der Waals surface area contributed by atoms with Crippen molar-refractivity contribution in [1.29, 1.82) is 0 Å². The second-order valence-corrected chi connectivity index (χ2v) is 10.2. The summed E-state index contributed by atoms with van der Waals surface area (Å²) >= 11 is 0. The summed E-state index contributed by atoms with van der Waals surface area (Å²) in [5.41, 5.74) is 9.10. The Bertz CT molecular complexity index is 1760. The average Bonchev–Trinajstić information content (AvgIpc) is 3.64. The first-order chi connectivity index (χ1) is 19.3. The Morgan fingerprint density at radius 3 is 2.42 bits per heavy atom. The van der Waals surface area contributed by atoms with Gasteiger partial charge < -0.3 is 5.32 Å². The summed E-state index contributed by atoms with van der Waals surface area (Å²) in [6.07, 6.45) is 5.21. The number of carbonyl (C=O) groups is 2. The minimum Gasteiger partial charge on any atom is -0.320 e. The highest BCUT2D eigenvalue weighted by Crippen LogP contribution is 2.43. The first-order valence-corrected chi connectivity index (χ1v) is 13.2. The lowest BCUT2D eigenvalue weighted by molar-refractivity contribution is 0.101. The third kappa shape index (κ3) is 4.59. The standard InChI is InChI=1S/C31H29N7O2/c1-18-28(19(2)37(4)35-18)26-11-10-25(17-27(26)23-7-5-6-22(16-23)20(3)39)38-30(21-8-9-21)29(34-36-38)31(40)33-24-12-14-32-15-13-24/h5-7,10-17,21H,8-9H2,1-4H3,(H,32,33,40). The molecule has 5 aromatic rings. The highest BCUT2D eigenvalue weighted by Gasteiger charge is 2.34. The van der Waals surface area contributed by atoms with Crippen molar-refractivity contribution in [2.45, 2.75) is 39.5 Å². The number of nitrogens with zero attached hydrogens (tertiary/aromatic N) is 6. The molecule has 9 nitrogen and oxygen atoms in total. The van der Waals surface area contributed by atoms with Crippen LogP contribution in [0.4, 0.5) is 5.69 Å². The fourth-order valence-electron chi connectivity index (χ4n) is 5.18. The molecule has 1 fully saturated rings. The quantitative estimate of drug-likeness (QED) is 0.271. The van der Waals surface area contributed by atoms with Gasteiger partial charge in [0.2, 0.25) is 0 Å². The van der Waals surface area contributed by atoms with Crippen LogP contribution in [0.1, 0.15) is 63.6 Å². The lowest BCUT2D eigenvalue weighted by Gasteiger charge is -2.15. The molecule has 1 saturated carbocycles. The Morgan fingerprint density at radius 1 is 0.975 bits per heavy atom. The topological polar surface area (TPSA) is 108 Å². The van der Waals surface area contributed by atoms with Crippen molar-refractivity contribution in [1.82, 2.24) is 29.8 Å². The van der Waals surface area contributed by atoms with Crippen molar-refractivity contribution in [2.75, 3.05) is 5.32 Å². The van der Waals surface area contributed by atoms with Crippen LogP contribution in [-0.2, 0) is 7.05 Å². The van der Waals surface area contributed by atoms with Crippen LogP contribution in [0.5, 0.6) is 0 Å². The molecule has 0 radical (unpaired) electrons. The monoisotopic (exact) mass is 531 g/mol. The smallest absolute Gasteiger partial charge is 0.278 e. The predicted octanol–water partition coefficient (Wildman–Crippen LogP) is 5.68. The maximum absolute atomic E-state index is 13.2. The van der Waals surface area contributed by atoms with Gasteiger partial charge in [-0.05, 0) is 80.6 Å². The van der Waals surface area contributed by atoms with Gasteiger partial charge in [0, 0.05) is 47.9 Å². The van der Waals surface area contributed by atoms with Gasteiger partial charge in [-0.25, -0.2) is 4.68 Å². The van der Waals surface area contributed by atoms with Crippen LogP contribution in [0.3, 0.4) is 0 Å².